The molecule has 1 aliphatic rings. The maximum absolute atomic E-state index is 9.13. The zero-order chi connectivity index (χ0) is 14.7. The van der Waals surface area contributed by atoms with Gasteiger partial charge in [-0.3, -0.25) is 0 Å². The van der Waals surface area contributed by atoms with Crippen LogP contribution in [0.4, 0.5) is 0 Å². The number of hydrogen-bond acceptors (Lipinski definition) is 3. The molecule has 2 aromatic carbocycles. The van der Waals surface area contributed by atoms with Gasteiger partial charge in [0.05, 0.1) is 0 Å². The molecule has 1 atom stereocenters. The van der Waals surface area contributed by atoms with Crippen molar-refractivity contribution < 1.29 is 4.74 Å². The van der Waals surface area contributed by atoms with Gasteiger partial charge in [0.2, 0.25) is 0 Å². The molecule has 1 N–H and O–H groups in total. The molecule has 3 heteroatoms. The molecule has 0 spiro atoms. The Morgan fingerprint density at radius 2 is 2.10 bits per heavy atom. The number of ether oxygens (including phenoxy) is 1. The van der Waals surface area contributed by atoms with Crippen LogP contribution in [-0.4, -0.2) is 12.1 Å². The Bertz CT molecular complexity index is 670. The van der Waals surface area contributed by atoms with E-state index in [2.05, 4.69) is 29.6 Å². The van der Waals surface area contributed by atoms with Gasteiger partial charge in [0.25, 0.3) is 0 Å². The summed E-state index contributed by atoms with van der Waals surface area (Å²) in [5.41, 5.74) is 1.16. The summed E-state index contributed by atoms with van der Waals surface area (Å²) in [5, 5.41) is 15.1. The summed E-state index contributed by atoms with van der Waals surface area (Å²) in [4.78, 5) is 0. The van der Waals surface area contributed by atoms with Crippen LogP contribution in [0.3, 0.4) is 0 Å². The summed E-state index contributed by atoms with van der Waals surface area (Å²) in [6.45, 7) is 2.76. The van der Waals surface area contributed by atoms with Crippen molar-refractivity contribution in [2.45, 2.75) is 44.9 Å². The average Bonchev–Trinajstić information content (AvgIpc) is 3.35. The van der Waals surface area contributed by atoms with Crippen LogP contribution >= 0.6 is 0 Å². The van der Waals surface area contributed by atoms with Crippen molar-refractivity contribution in [3.63, 3.8) is 0 Å². The molecule has 1 aliphatic carbocycles. The monoisotopic (exact) mass is 280 g/mol. The minimum atomic E-state index is -0.383. The maximum atomic E-state index is 9.13. The van der Waals surface area contributed by atoms with Crippen LogP contribution in [0.5, 0.6) is 5.75 Å². The molecule has 0 amide bonds. The Labute approximate surface area is 125 Å². The predicted molar refractivity (Wildman–Crippen MR) is 84.1 cm³/mol. The SMILES string of the molecule is CCC(C#N)Oc1ccc2ccccc2c1CNC1CC1. The van der Waals surface area contributed by atoms with Gasteiger partial charge in [-0.2, -0.15) is 5.26 Å². The standard InChI is InChI=1S/C18H20N2O/c1-2-15(11-19)21-18-10-7-13-5-3-4-6-16(13)17(18)12-20-14-8-9-14/h3-7,10,14-15,20H,2,8-9,12H2,1H3. The highest BCUT2D eigenvalue weighted by molar-refractivity contribution is 5.87. The zero-order valence-corrected chi connectivity index (χ0v) is 12.3. The van der Waals surface area contributed by atoms with Crippen LogP contribution < -0.4 is 10.1 Å². The topological polar surface area (TPSA) is 45.0 Å². The van der Waals surface area contributed by atoms with Crippen LogP contribution in [0.25, 0.3) is 10.8 Å². The first-order valence-electron chi connectivity index (χ1n) is 7.62. The van der Waals surface area contributed by atoms with E-state index in [1.54, 1.807) is 0 Å². The van der Waals surface area contributed by atoms with Crippen LogP contribution in [0.1, 0.15) is 31.7 Å². The first kappa shape index (κ1) is 13.9. The lowest BCUT2D eigenvalue weighted by atomic mass is 10.0. The summed E-state index contributed by atoms with van der Waals surface area (Å²) in [5.74, 6) is 0.829. The highest BCUT2D eigenvalue weighted by Gasteiger charge is 2.21. The molecule has 2 aromatic rings. The third-order valence-corrected chi connectivity index (χ3v) is 3.93. The molecule has 21 heavy (non-hydrogen) atoms. The smallest absolute Gasteiger partial charge is 0.184 e. The van der Waals surface area contributed by atoms with E-state index < -0.39 is 0 Å². The lowest BCUT2D eigenvalue weighted by Gasteiger charge is -2.17. The van der Waals surface area contributed by atoms with E-state index in [0.29, 0.717) is 12.5 Å². The van der Waals surface area contributed by atoms with Crippen molar-refractivity contribution in [1.29, 1.82) is 5.26 Å². The summed E-state index contributed by atoms with van der Waals surface area (Å²) in [6.07, 6.45) is 2.83. The Morgan fingerprint density at radius 1 is 1.29 bits per heavy atom. The molecular weight excluding hydrogens is 260 g/mol. The van der Waals surface area contributed by atoms with E-state index in [1.165, 1.54) is 23.6 Å². The minimum Gasteiger partial charge on any atom is -0.475 e. The van der Waals surface area contributed by atoms with E-state index in [-0.39, 0.29) is 6.10 Å². The van der Waals surface area contributed by atoms with E-state index in [0.717, 1.165) is 17.9 Å². The number of fused-ring (bicyclic) bond motifs is 1. The molecule has 1 saturated carbocycles. The Kier molecular flexibility index (Phi) is 4.08. The number of hydrogen-bond donors (Lipinski definition) is 1. The van der Waals surface area contributed by atoms with E-state index in [1.807, 2.05) is 25.1 Å². The van der Waals surface area contributed by atoms with Gasteiger partial charge in [0, 0.05) is 18.2 Å². The second-order valence-corrected chi connectivity index (χ2v) is 5.56. The molecule has 108 valence electrons. The lowest BCUT2D eigenvalue weighted by Crippen LogP contribution is -2.18. The quantitative estimate of drug-likeness (QED) is 0.876. The van der Waals surface area contributed by atoms with Crippen LogP contribution in [0.2, 0.25) is 0 Å². The van der Waals surface area contributed by atoms with Crippen LogP contribution in [0.15, 0.2) is 36.4 Å². The molecule has 1 fully saturated rings. The van der Waals surface area contributed by atoms with Crippen LogP contribution in [0, 0.1) is 11.3 Å². The second kappa shape index (κ2) is 6.15. The largest absolute Gasteiger partial charge is 0.475 e. The van der Waals surface area contributed by atoms with Crippen molar-refractivity contribution in [1.82, 2.24) is 5.32 Å². The molecule has 1 unspecified atom stereocenters. The molecule has 0 aliphatic heterocycles. The fourth-order valence-electron chi connectivity index (χ4n) is 2.50. The van der Waals surface area contributed by atoms with Crippen molar-refractivity contribution >= 4 is 10.8 Å². The Morgan fingerprint density at radius 3 is 2.81 bits per heavy atom. The van der Waals surface area contributed by atoms with E-state index in [9.17, 15) is 0 Å². The van der Waals surface area contributed by atoms with E-state index >= 15 is 0 Å². The molecule has 3 nitrogen and oxygen atoms in total. The molecule has 0 bridgehead atoms. The highest BCUT2D eigenvalue weighted by Crippen LogP contribution is 2.30. The number of benzene rings is 2. The van der Waals surface area contributed by atoms with Gasteiger partial charge in [-0.05, 0) is 36.1 Å². The van der Waals surface area contributed by atoms with Gasteiger partial charge in [-0.25, -0.2) is 0 Å². The number of rotatable bonds is 6. The molecule has 0 heterocycles. The van der Waals surface area contributed by atoms with Gasteiger partial charge < -0.3 is 10.1 Å². The minimum absolute atomic E-state index is 0.383. The van der Waals surface area contributed by atoms with Gasteiger partial charge in [0.15, 0.2) is 6.10 Å². The number of nitriles is 1. The summed E-state index contributed by atoms with van der Waals surface area (Å²) < 4.78 is 5.90. The van der Waals surface area contributed by atoms with Crippen molar-refractivity contribution in [3.8, 4) is 11.8 Å². The normalized spacial score (nSPS) is 15.6. The van der Waals surface area contributed by atoms with Gasteiger partial charge >= 0.3 is 0 Å². The third kappa shape index (κ3) is 3.17. The Balaban J connectivity index is 1.96. The molecule has 0 saturated heterocycles. The zero-order valence-electron chi connectivity index (χ0n) is 12.3. The average molecular weight is 280 g/mol. The summed E-state index contributed by atoms with van der Waals surface area (Å²) in [7, 11) is 0. The number of nitrogens with zero attached hydrogens (tertiary/aromatic N) is 1. The Hall–Kier alpha value is -2.05. The third-order valence-electron chi connectivity index (χ3n) is 3.93. The summed E-state index contributed by atoms with van der Waals surface area (Å²) in [6, 6.07) is 15.2. The maximum Gasteiger partial charge on any atom is 0.184 e. The van der Waals surface area contributed by atoms with Crippen molar-refractivity contribution in [3.05, 3.63) is 42.0 Å². The molecule has 0 radical (unpaired) electrons. The first-order valence-corrected chi connectivity index (χ1v) is 7.62. The fourth-order valence-corrected chi connectivity index (χ4v) is 2.50. The predicted octanol–water partition coefficient (Wildman–Crippen LogP) is 3.77. The fraction of sp³-hybridized carbons (Fsp3) is 0.389. The first-order chi connectivity index (χ1) is 10.3. The van der Waals surface area contributed by atoms with Gasteiger partial charge in [-0.15, -0.1) is 0 Å². The van der Waals surface area contributed by atoms with E-state index in [4.69, 9.17) is 10.00 Å². The molecular formula is C18H20N2O. The van der Waals surface area contributed by atoms with Gasteiger partial charge in [-0.1, -0.05) is 37.3 Å². The number of nitrogens with one attached hydrogen (secondary N) is 1. The van der Waals surface area contributed by atoms with Crippen molar-refractivity contribution in [2.75, 3.05) is 0 Å². The lowest BCUT2D eigenvalue weighted by molar-refractivity contribution is 0.249. The highest BCUT2D eigenvalue weighted by atomic mass is 16.5. The van der Waals surface area contributed by atoms with Gasteiger partial charge in [0.1, 0.15) is 11.8 Å². The molecule has 3 rings (SSSR count). The van der Waals surface area contributed by atoms with Crippen LogP contribution in [-0.2, 0) is 6.54 Å². The molecule has 0 aromatic heterocycles. The van der Waals surface area contributed by atoms with Crippen molar-refractivity contribution in [2.24, 2.45) is 0 Å². The second-order valence-electron chi connectivity index (χ2n) is 5.56. The summed E-state index contributed by atoms with van der Waals surface area (Å²) >= 11 is 0.